The zero-order valence-corrected chi connectivity index (χ0v) is 12.5. The fraction of sp³-hybridized carbons (Fsp3) is 0.941. The van der Waals surface area contributed by atoms with Gasteiger partial charge in [-0.1, -0.05) is 58.3 Å². The van der Waals surface area contributed by atoms with Crippen molar-refractivity contribution in [3.05, 3.63) is 0 Å². The van der Waals surface area contributed by atoms with Crippen molar-refractivity contribution in [2.45, 2.75) is 90.4 Å². The molecule has 0 unspecified atom stereocenters. The van der Waals surface area contributed by atoms with Crippen molar-refractivity contribution in [3.63, 3.8) is 0 Å². The molecule has 0 aromatic rings. The number of rotatable bonds is 5. The standard InChI is InChI=1S/C17H30O2/c1-2-3-10-16(11-6-4-7-12-16)17(15(18)19)13-8-5-9-14-17/h2-14H2,1H3,(H,18,19). The van der Waals surface area contributed by atoms with Crippen LogP contribution in [-0.4, -0.2) is 11.1 Å². The minimum absolute atomic E-state index is 0.119. The Bertz CT molecular complexity index is 296. The van der Waals surface area contributed by atoms with E-state index in [9.17, 15) is 9.90 Å². The van der Waals surface area contributed by atoms with Crippen LogP contribution in [-0.2, 0) is 4.79 Å². The molecule has 2 fully saturated rings. The summed E-state index contributed by atoms with van der Waals surface area (Å²) >= 11 is 0. The summed E-state index contributed by atoms with van der Waals surface area (Å²) in [7, 11) is 0. The lowest BCUT2D eigenvalue weighted by Crippen LogP contribution is -2.50. The van der Waals surface area contributed by atoms with Gasteiger partial charge in [-0.2, -0.15) is 0 Å². The summed E-state index contributed by atoms with van der Waals surface area (Å²) < 4.78 is 0. The van der Waals surface area contributed by atoms with E-state index in [2.05, 4.69) is 6.92 Å². The molecular formula is C17H30O2. The van der Waals surface area contributed by atoms with E-state index >= 15 is 0 Å². The quantitative estimate of drug-likeness (QED) is 0.746. The summed E-state index contributed by atoms with van der Waals surface area (Å²) in [5.74, 6) is -0.481. The van der Waals surface area contributed by atoms with Crippen LogP contribution in [0.4, 0.5) is 0 Å². The zero-order valence-electron chi connectivity index (χ0n) is 12.5. The molecule has 0 aromatic heterocycles. The van der Waals surface area contributed by atoms with Gasteiger partial charge in [0.25, 0.3) is 0 Å². The second kappa shape index (κ2) is 6.28. The van der Waals surface area contributed by atoms with Crippen molar-refractivity contribution < 1.29 is 9.90 Å². The lowest BCUT2D eigenvalue weighted by molar-refractivity contribution is -0.166. The first-order chi connectivity index (χ1) is 9.17. The molecule has 0 heterocycles. The van der Waals surface area contributed by atoms with Crippen molar-refractivity contribution in [2.24, 2.45) is 10.8 Å². The van der Waals surface area contributed by atoms with Crippen molar-refractivity contribution >= 4 is 5.97 Å². The molecule has 1 N–H and O–H groups in total. The minimum atomic E-state index is -0.481. The van der Waals surface area contributed by atoms with Gasteiger partial charge in [0, 0.05) is 0 Å². The van der Waals surface area contributed by atoms with Gasteiger partial charge < -0.3 is 5.11 Å². The molecular weight excluding hydrogens is 236 g/mol. The third-order valence-electron chi connectivity index (χ3n) is 5.95. The summed E-state index contributed by atoms with van der Waals surface area (Å²) in [6.07, 6.45) is 15.0. The maximum atomic E-state index is 12.1. The first kappa shape index (κ1) is 14.9. The molecule has 0 bridgehead atoms. The van der Waals surface area contributed by atoms with Gasteiger partial charge >= 0.3 is 5.97 Å². The van der Waals surface area contributed by atoms with Crippen LogP contribution in [0, 0.1) is 10.8 Å². The summed E-state index contributed by atoms with van der Waals surface area (Å²) in [6, 6.07) is 0. The van der Waals surface area contributed by atoms with Crippen LogP contribution < -0.4 is 0 Å². The Labute approximate surface area is 118 Å². The summed E-state index contributed by atoms with van der Waals surface area (Å²) in [5, 5.41) is 10.0. The fourth-order valence-electron chi connectivity index (χ4n) is 4.84. The highest BCUT2D eigenvalue weighted by Crippen LogP contribution is 2.59. The Kier molecular flexibility index (Phi) is 4.92. The van der Waals surface area contributed by atoms with E-state index in [1.807, 2.05) is 0 Å². The Balaban J connectivity index is 2.29. The van der Waals surface area contributed by atoms with Crippen LogP contribution in [0.2, 0.25) is 0 Å². The maximum Gasteiger partial charge on any atom is 0.310 e. The lowest BCUT2D eigenvalue weighted by Gasteiger charge is -2.52. The summed E-state index contributed by atoms with van der Waals surface area (Å²) in [5.41, 5.74) is -0.269. The van der Waals surface area contributed by atoms with Crippen molar-refractivity contribution in [2.75, 3.05) is 0 Å². The molecule has 0 aliphatic heterocycles. The van der Waals surface area contributed by atoms with Crippen LogP contribution in [0.15, 0.2) is 0 Å². The van der Waals surface area contributed by atoms with E-state index < -0.39 is 5.97 Å². The highest BCUT2D eigenvalue weighted by molar-refractivity contribution is 5.76. The monoisotopic (exact) mass is 266 g/mol. The van der Waals surface area contributed by atoms with Crippen LogP contribution in [0.3, 0.4) is 0 Å². The Morgan fingerprint density at radius 2 is 1.47 bits per heavy atom. The summed E-state index contributed by atoms with van der Waals surface area (Å²) in [6.45, 7) is 2.23. The second-order valence-electron chi connectivity index (χ2n) is 6.89. The fourth-order valence-corrected chi connectivity index (χ4v) is 4.84. The predicted octanol–water partition coefficient (Wildman–Crippen LogP) is 5.16. The molecule has 0 aromatic carbocycles. The van der Waals surface area contributed by atoms with Gasteiger partial charge in [0.15, 0.2) is 0 Å². The van der Waals surface area contributed by atoms with Crippen LogP contribution in [0.25, 0.3) is 0 Å². The average molecular weight is 266 g/mol. The Morgan fingerprint density at radius 1 is 0.947 bits per heavy atom. The molecule has 19 heavy (non-hydrogen) atoms. The average Bonchev–Trinajstić information content (AvgIpc) is 2.46. The van der Waals surface area contributed by atoms with E-state index in [-0.39, 0.29) is 10.8 Å². The van der Waals surface area contributed by atoms with Crippen molar-refractivity contribution in [1.29, 1.82) is 0 Å². The number of hydrogen-bond acceptors (Lipinski definition) is 1. The molecule has 2 rings (SSSR count). The topological polar surface area (TPSA) is 37.3 Å². The highest BCUT2D eigenvalue weighted by atomic mass is 16.4. The molecule has 0 atom stereocenters. The molecule has 2 aliphatic rings. The minimum Gasteiger partial charge on any atom is -0.481 e. The normalized spacial score (nSPS) is 25.9. The molecule has 110 valence electrons. The van der Waals surface area contributed by atoms with Crippen LogP contribution in [0.5, 0.6) is 0 Å². The number of hydrogen-bond donors (Lipinski definition) is 1. The Morgan fingerprint density at radius 3 is 1.95 bits per heavy atom. The number of carboxylic acids is 1. The first-order valence-corrected chi connectivity index (χ1v) is 8.40. The molecule has 0 radical (unpaired) electrons. The van der Waals surface area contributed by atoms with E-state index in [1.165, 1.54) is 51.4 Å². The summed E-state index contributed by atoms with van der Waals surface area (Å²) in [4.78, 5) is 12.1. The van der Waals surface area contributed by atoms with Gasteiger partial charge in [-0.15, -0.1) is 0 Å². The van der Waals surface area contributed by atoms with Gasteiger partial charge in [-0.3, -0.25) is 4.79 Å². The van der Waals surface area contributed by atoms with Crippen molar-refractivity contribution in [3.8, 4) is 0 Å². The van der Waals surface area contributed by atoms with Gasteiger partial charge in [-0.25, -0.2) is 0 Å². The highest BCUT2D eigenvalue weighted by Gasteiger charge is 2.55. The smallest absolute Gasteiger partial charge is 0.310 e. The van der Waals surface area contributed by atoms with Crippen molar-refractivity contribution in [1.82, 2.24) is 0 Å². The number of carboxylic acid groups (broad SMARTS) is 1. The van der Waals surface area contributed by atoms with Crippen LogP contribution >= 0.6 is 0 Å². The third-order valence-corrected chi connectivity index (χ3v) is 5.95. The lowest BCUT2D eigenvalue weighted by atomic mass is 9.50. The maximum absolute atomic E-state index is 12.1. The van der Waals surface area contributed by atoms with Gasteiger partial charge in [0.05, 0.1) is 5.41 Å². The molecule has 0 amide bonds. The van der Waals surface area contributed by atoms with E-state index in [4.69, 9.17) is 0 Å². The number of aliphatic carboxylic acids is 1. The van der Waals surface area contributed by atoms with E-state index in [0.29, 0.717) is 0 Å². The number of carbonyl (C=O) groups is 1. The van der Waals surface area contributed by atoms with Gasteiger partial charge in [0.2, 0.25) is 0 Å². The molecule has 0 saturated heterocycles. The Hall–Kier alpha value is -0.530. The van der Waals surface area contributed by atoms with E-state index in [0.717, 1.165) is 32.1 Å². The number of unbranched alkanes of at least 4 members (excludes halogenated alkanes) is 1. The predicted molar refractivity (Wildman–Crippen MR) is 78.2 cm³/mol. The first-order valence-electron chi connectivity index (χ1n) is 8.40. The molecule has 0 spiro atoms. The molecule has 2 aliphatic carbocycles. The molecule has 2 nitrogen and oxygen atoms in total. The van der Waals surface area contributed by atoms with Crippen LogP contribution in [0.1, 0.15) is 90.4 Å². The second-order valence-corrected chi connectivity index (χ2v) is 6.89. The zero-order chi connectivity index (χ0) is 13.8. The molecule has 2 heteroatoms. The largest absolute Gasteiger partial charge is 0.481 e. The third kappa shape index (κ3) is 2.68. The van der Waals surface area contributed by atoms with Gasteiger partial charge in [0.1, 0.15) is 0 Å². The van der Waals surface area contributed by atoms with E-state index in [1.54, 1.807) is 0 Å². The molecule has 2 saturated carbocycles. The van der Waals surface area contributed by atoms with Gasteiger partial charge in [-0.05, 0) is 37.5 Å². The SMILES string of the molecule is CCCCC1(C2(C(=O)O)CCCCC2)CCCCC1.